The normalized spacial score (nSPS) is 17.3. The first-order valence-corrected chi connectivity index (χ1v) is 10.3. The van der Waals surface area contributed by atoms with Gasteiger partial charge in [-0.1, -0.05) is 11.6 Å². The van der Waals surface area contributed by atoms with E-state index in [1.165, 1.54) is 7.11 Å². The highest BCUT2D eigenvalue weighted by Gasteiger charge is 2.38. The summed E-state index contributed by atoms with van der Waals surface area (Å²) in [5.41, 5.74) is 0.563. The number of nitrogens with one attached hydrogen (secondary N) is 1. The lowest BCUT2D eigenvalue weighted by molar-refractivity contribution is 0.170. The molecule has 0 unspecified atom stereocenters. The minimum absolute atomic E-state index is 0.0279. The Bertz CT molecular complexity index is 1330. The van der Waals surface area contributed by atoms with Gasteiger partial charge in [-0.05, 0) is 49.4 Å². The van der Waals surface area contributed by atoms with Crippen molar-refractivity contribution in [2.45, 2.75) is 12.5 Å². The number of methoxy groups -OCH3 is 1. The molecule has 2 aliphatic heterocycles. The van der Waals surface area contributed by atoms with Gasteiger partial charge >= 0.3 is 5.69 Å². The summed E-state index contributed by atoms with van der Waals surface area (Å²) in [5, 5.41) is 11.7. The number of likely N-dealkylation sites (N-methyl/N-ethyl adjacent to an activating group) is 1. The summed E-state index contributed by atoms with van der Waals surface area (Å²) in [6, 6.07) is 7.55. The van der Waals surface area contributed by atoms with Gasteiger partial charge in [0.25, 0.3) is 5.56 Å². The van der Waals surface area contributed by atoms with Crippen LogP contribution in [0.5, 0.6) is 23.1 Å². The predicted octanol–water partition coefficient (Wildman–Crippen LogP) is 2.20. The van der Waals surface area contributed by atoms with E-state index in [9.17, 15) is 14.7 Å². The summed E-state index contributed by atoms with van der Waals surface area (Å²) in [5.74, 6) is 1.02. The molecule has 32 heavy (non-hydrogen) atoms. The second-order valence-corrected chi connectivity index (χ2v) is 8.09. The SMILES string of the molecule is COc1c2c(cc3c1[C@@H](c1c(O)n(-c4ccc(Cl)cc4)c(=O)[nH]c1=O)N(C)CC3)OCO2. The van der Waals surface area contributed by atoms with Gasteiger partial charge in [0, 0.05) is 17.1 Å². The van der Waals surface area contributed by atoms with Crippen molar-refractivity contribution >= 4 is 11.6 Å². The zero-order chi connectivity index (χ0) is 22.6. The second-order valence-electron chi connectivity index (χ2n) is 7.66. The molecule has 5 rings (SSSR count). The largest absolute Gasteiger partial charge is 0.494 e. The molecular formula is C22H20ClN3O6. The lowest BCUT2D eigenvalue weighted by atomic mass is 9.87. The van der Waals surface area contributed by atoms with Crippen LogP contribution in [0.15, 0.2) is 39.9 Å². The fraction of sp³-hybridized carbons (Fsp3) is 0.273. The van der Waals surface area contributed by atoms with Crippen LogP contribution in [0.4, 0.5) is 0 Å². The van der Waals surface area contributed by atoms with Crippen LogP contribution < -0.4 is 25.5 Å². The molecule has 0 radical (unpaired) electrons. The minimum atomic E-state index is -0.755. The number of rotatable bonds is 3. The van der Waals surface area contributed by atoms with Gasteiger partial charge in [0.05, 0.1) is 24.4 Å². The Morgan fingerprint density at radius 2 is 1.94 bits per heavy atom. The zero-order valence-electron chi connectivity index (χ0n) is 17.3. The number of fused-ring (bicyclic) bond motifs is 2. The summed E-state index contributed by atoms with van der Waals surface area (Å²) in [6.45, 7) is 0.682. The van der Waals surface area contributed by atoms with E-state index in [1.807, 2.05) is 18.0 Å². The molecule has 3 aromatic rings. The number of benzene rings is 2. The number of hydrogen-bond donors (Lipinski definition) is 2. The Hall–Kier alpha value is -3.43. The number of ether oxygens (including phenoxy) is 3. The predicted molar refractivity (Wildman–Crippen MR) is 117 cm³/mol. The zero-order valence-corrected chi connectivity index (χ0v) is 18.1. The van der Waals surface area contributed by atoms with E-state index < -0.39 is 23.2 Å². The Labute approximate surface area is 187 Å². The van der Waals surface area contributed by atoms with Gasteiger partial charge in [-0.3, -0.25) is 14.7 Å². The van der Waals surface area contributed by atoms with Crippen LogP contribution in [0.1, 0.15) is 22.7 Å². The highest BCUT2D eigenvalue weighted by molar-refractivity contribution is 6.30. The monoisotopic (exact) mass is 457 g/mol. The number of aromatic amines is 1. The number of aromatic hydroxyl groups is 1. The van der Waals surface area contributed by atoms with Crippen molar-refractivity contribution in [3.05, 3.63) is 72.9 Å². The number of aromatic nitrogens is 2. The van der Waals surface area contributed by atoms with Gasteiger partial charge in [-0.25, -0.2) is 9.36 Å². The third kappa shape index (κ3) is 3.04. The quantitative estimate of drug-likeness (QED) is 0.621. The lowest BCUT2D eigenvalue weighted by Gasteiger charge is -2.35. The number of halogens is 1. The summed E-state index contributed by atoms with van der Waals surface area (Å²) >= 11 is 5.96. The van der Waals surface area contributed by atoms with Gasteiger partial charge in [0.15, 0.2) is 11.5 Å². The minimum Gasteiger partial charge on any atom is -0.494 e. The van der Waals surface area contributed by atoms with Gasteiger partial charge in [-0.15, -0.1) is 0 Å². The molecule has 1 aromatic heterocycles. The molecule has 1 atom stereocenters. The molecule has 0 saturated carbocycles. The van der Waals surface area contributed by atoms with Crippen molar-refractivity contribution < 1.29 is 19.3 Å². The average molecular weight is 458 g/mol. The molecule has 0 bridgehead atoms. The van der Waals surface area contributed by atoms with E-state index in [0.29, 0.717) is 46.5 Å². The summed E-state index contributed by atoms with van der Waals surface area (Å²) in [6.07, 6.45) is 0.685. The summed E-state index contributed by atoms with van der Waals surface area (Å²) in [4.78, 5) is 29.9. The average Bonchev–Trinajstić information content (AvgIpc) is 3.23. The Morgan fingerprint density at radius 3 is 2.66 bits per heavy atom. The van der Waals surface area contributed by atoms with Crippen molar-refractivity contribution in [3.8, 4) is 28.8 Å². The number of nitrogens with zero attached hydrogens (tertiary/aromatic N) is 2. The summed E-state index contributed by atoms with van der Waals surface area (Å²) in [7, 11) is 3.36. The molecule has 9 nitrogen and oxygen atoms in total. The van der Waals surface area contributed by atoms with Crippen LogP contribution in [0.3, 0.4) is 0 Å². The molecule has 0 fully saturated rings. The van der Waals surface area contributed by atoms with E-state index in [4.69, 9.17) is 25.8 Å². The standard InChI is InChI=1S/C22H20ClN3O6/c1-25-8-7-11-9-14-18(32-10-31-14)19(30-2)15(11)17(25)16-20(27)24-22(29)26(21(16)28)13-5-3-12(23)4-6-13/h3-6,9,17,28H,7-8,10H2,1-2H3,(H,24,27,29)/t17-/m0/s1. The maximum atomic E-state index is 13.0. The van der Waals surface area contributed by atoms with Crippen molar-refractivity contribution in [1.29, 1.82) is 0 Å². The van der Waals surface area contributed by atoms with Gasteiger partial charge < -0.3 is 19.3 Å². The van der Waals surface area contributed by atoms with Crippen molar-refractivity contribution in [2.75, 3.05) is 27.5 Å². The van der Waals surface area contributed by atoms with Crippen LogP contribution in [-0.4, -0.2) is 47.1 Å². The molecule has 0 spiro atoms. The summed E-state index contributed by atoms with van der Waals surface area (Å²) < 4.78 is 17.9. The van der Waals surface area contributed by atoms with Crippen molar-refractivity contribution in [2.24, 2.45) is 0 Å². The third-order valence-corrected chi connectivity index (χ3v) is 6.13. The van der Waals surface area contributed by atoms with E-state index >= 15 is 0 Å². The molecule has 10 heteroatoms. The smallest absolute Gasteiger partial charge is 0.335 e. The molecule has 3 heterocycles. The first-order chi connectivity index (χ1) is 15.4. The second kappa shape index (κ2) is 7.61. The van der Waals surface area contributed by atoms with Crippen molar-refractivity contribution in [1.82, 2.24) is 14.5 Å². The molecule has 0 amide bonds. The Morgan fingerprint density at radius 1 is 1.19 bits per heavy atom. The van der Waals surface area contributed by atoms with Crippen LogP contribution in [0, 0.1) is 0 Å². The Balaban J connectivity index is 1.78. The van der Waals surface area contributed by atoms with E-state index in [2.05, 4.69) is 4.98 Å². The molecular weight excluding hydrogens is 438 g/mol. The van der Waals surface area contributed by atoms with Crippen LogP contribution in [0.25, 0.3) is 5.69 Å². The first kappa shape index (κ1) is 20.5. The van der Waals surface area contributed by atoms with Crippen LogP contribution in [0.2, 0.25) is 5.02 Å². The maximum absolute atomic E-state index is 13.0. The fourth-order valence-electron chi connectivity index (χ4n) is 4.41. The highest BCUT2D eigenvalue weighted by Crippen LogP contribution is 2.51. The van der Waals surface area contributed by atoms with Crippen LogP contribution in [-0.2, 0) is 6.42 Å². The van der Waals surface area contributed by atoms with Crippen molar-refractivity contribution in [3.63, 3.8) is 0 Å². The van der Waals surface area contributed by atoms with Gasteiger partial charge in [-0.2, -0.15) is 0 Å². The molecule has 166 valence electrons. The van der Waals surface area contributed by atoms with E-state index in [0.717, 1.165) is 10.1 Å². The third-order valence-electron chi connectivity index (χ3n) is 5.87. The molecule has 2 N–H and O–H groups in total. The molecule has 2 aliphatic rings. The topological polar surface area (TPSA) is 106 Å². The fourth-order valence-corrected chi connectivity index (χ4v) is 4.54. The van der Waals surface area contributed by atoms with E-state index in [1.54, 1.807) is 24.3 Å². The molecule has 0 saturated heterocycles. The van der Waals surface area contributed by atoms with Gasteiger partial charge in [0.2, 0.25) is 18.4 Å². The maximum Gasteiger partial charge on any atom is 0.335 e. The van der Waals surface area contributed by atoms with Gasteiger partial charge in [0.1, 0.15) is 0 Å². The van der Waals surface area contributed by atoms with E-state index in [-0.39, 0.29) is 12.4 Å². The Kier molecular flexibility index (Phi) is 4.87. The number of hydrogen-bond acceptors (Lipinski definition) is 7. The highest BCUT2D eigenvalue weighted by atomic mass is 35.5. The number of H-pyrrole nitrogens is 1. The van der Waals surface area contributed by atoms with Crippen LogP contribution >= 0.6 is 11.6 Å². The molecule has 2 aromatic carbocycles. The first-order valence-electron chi connectivity index (χ1n) is 9.94. The lowest BCUT2D eigenvalue weighted by Crippen LogP contribution is -2.39. The molecule has 0 aliphatic carbocycles.